The Morgan fingerprint density at radius 3 is 2.52 bits per heavy atom. The fraction of sp³-hybridized carbons (Fsp3) is 0.143. The molecule has 0 bridgehead atoms. The van der Waals surface area contributed by atoms with Crippen LogP contribution in [0.5, 0.6) is 0 Å². The van der Waals surface area contributed by atoms with Crippen LogP contribution in [0, 0.1) is 6.92 Å². The van der Waals surface area contributed by atoms with Crippen molar-refractivity contribution in [1.29, 1.82) is 0 Å². The molecule has 0 unspecified atom stereocenters. The van der Waals surface area contributed by atoms with E-state index in [1.165, 1.54) is 0 Å². The van der Waals surface area contributed by atoms with Crippen LogP contribution in [0.4, 0.5) is 11.4 Å². The summed E-state index contributed by atoms with van der Waals surface area (Å²) in [7, 11) is -3.76. The fourth-order valence-electron chi connectivity index (χ4n) is 1.91. The van der Waals surface area contributed by atoms with Gasteiger partial charge >= 0.3 is 0 Å². The van der Waals surface area contributed by atoms with E-state index >= 15 is 0 Å². The molecule has 21 heavy (non-hydrogen) atoms. The highest BCUT2D eigenvalue weighted by Crippen LogP contribution is 2.19. The lowest BCUT2D eigenvalue weighted by Crippen LogP contribution is -2.21. The summed E-state index contributed by atoms with van der Waals surface area (Å²) < 4.78 is 24.2. The number of aryl methyl sites for hydroxylation is 1. The topological polar surface area (TPSA) is 84.2 Å². The first kappa shape index (κ1) is 15.6. The van der Waals surface area contributed by atoms with Gasteiger partial charge in [0.15, 0.2) is 0 Å². The summed E-state index contributed by atoms with van der Waals surface area (Å²) in [6.07, 6.45) is 0. The van der Waals surface area contributed by atoms with E-state index in [4.69, 9.17) is 16.7 Å². The molecule has 0 radical (unpaired) electrons. The maximum atomic E-state index is 11.0. The summed E-state index contributed by atoms with van der Waals surface area (Å²) in [4.78, 5) is 0. The molecule has 4 N–H and O–H groups in total. The largest absolute Gasteiger partial charge is 0.381 e. The van der Waals surface area contributed by atoms with Crippen LogP contribution in [-0.4, -0.2) is 8.42 Å². The van der Waals surface area contributed by atoms with E-state index in [0.717, 1.165) is 16.8 Å². The van der Waals surface area contributed by atoms with Crippen molar-refractivity contribution in [3.05, 3.63) is 58.6 Å². The average Bonchev–Trinajstić information content (AvgIpc) is 2.36. The standard InChI is InChI=1S/C14H16ClN3O2S/c1-10-7-12(15)6-5-11(10)9-17-13-3-2-4-14(8-13)18-21(16,19)20/h2-8,17-18H,9H2,1H3,(H2,16,19,20). The van der Waals surface area contributed by atoms with E-state index in [1.807, 2.05) is 31.2 Å². The molecule has 112 valence electrons. The van der Waals surface area contributed by atoms with Crippen LogP contribution in [0.1, 0.15) is 11.1 Å². The van der Waals surface area contributed by atoms with Gasteiger partial charge in [-0.25, -0.2) is 5.14 Å². The van der Waals surface area contributed by atoms with Gasteiger partial charge in [0, 0.05) is 17.3 Å². The molecule has 5 nitrogen and oxygen atoms in total. The van der Waals surface area contributed by atoms with Gasteiger partial charge in [0.25, 0.3) is 10.2 Å². The molecule has 2 aromatic rings. The lowest BCUT2D eigenvalue weighted by molar-refractivity contribution is 0.603. The quantitative estimate of drug-likeness (QED) is 0.790. The van der Waals surface area contributed by atoms with E-state index in [9.17, 15) is 8.42 Å². The van der Waals surface area contributed by atoms with Crippen LogP contribution in [-0.2, 0) is 16.8 Å². The van der Waals surface area contributed by atoms with Crippen molar-refractivity contribution in [1.82, 2.24) is 0 Å². The second kappa shape index (κ2) is 6.34. The predicted octanol–water partition coefficient (Wildman–Crippen LogP) is 2.88. The molecule has 0 heterocycles. The molecule has 0 aliphatic carbocycles. The highest BCUT2D eigenvalue weighted by atomic mass is 35.5. The lowest BCUT2D eigenvalue weighted by Gasteiger charge is -2.11. The number of anilines is 2. The van der Waals surface area contributed by atoms with Crippen LogP contribution in [0.25, 0.3) is 0 Å². The van der Waals surface area contributed by atoms with Crippen LogP contribution in [0.2, 0.25) is 5.02 Å². The molecule has 0 amide bonds. The van der Waals surface area contributed by atoms with Gasteiger partial charge in [-0.15, -0.1) is 0 Å². The third-order valence-electron chi connectivity index (χ3n) is 2.91. The molecule has 0 aliphatic rings. The Bertz CT molecular complexity index is 748. The Balaban J connectivity index is 2.08. The summed E-state index contributed by atoms with van der Waals surface area (Å²) >= 11 is 5.92. The van der Waals surface area contributed by atoms with Crippen LogP contribution in [0.3, 0.4) is 0 Å². The molecule has 0 fully saturated rings. The minimum absolute atomic E-state index is 0.412. The van der Waals surface area contributed by atoms with Crippen molar-refractivity contribution in [3.63, 3.8) is 0 Å². The van der Waals surface area contributed by atoms with Gasteiger partial charge in [-0.05, 0) is 48.4 Å². The zero-order valence-corrected chi connectivity index (χ0v) is 13.0. The highest BCUT2D eigenvalue weighted by molar-refractivity contribution is 7.90. The van der Waals surface area contributed by atoms with Crippen molar-refractivity contribution < 1.29 is 8.42 Å². The second-order valence-electron chi connectivity index (χ2n) is 4.65. The van der Waals surface area contributed by atoms with Gasteiger partial charge < -0.3 is 5.32 Å². The van der Waals surface area contributed by atoms with E-state index in [-0.39, 0.29) is 0 Å². The van der Waals surface area contributed by atoms with Crippen molar-refractivity contribution in [2.75, 3.05) is 10.0 Å². The van der Waals surface area contributed by atoms with E-state index in [1.54, 1.807) is 18.2 Å². The zero-order chi connectivity index (χ0) is 15.5. The molecule has 0 aromatic heterocycles. The first-order valence-electron chi connectivity index (χ1n) is 6.23. The van der Waals surface area contributed by atoms with Crippen molar-refractivity contribution in [2.45, 2.75) is 13.5 Å². The van der Waals surface area contributed by atoms with Crippen molar-refractivity contribution >= 4 is 33.2 Å². The van der Waals surface area contributed by atoms with Gasteiger partial charge in [-0.2, -0.15) is 8.42 Å². The maximum absolute atomic E-state index is 11.0. The lowest BCUT2D eigenvalue weighted by atomic mass is 10.1. The normalized spacial score (nSPS) is 11.2. The number of nitrogens with two attached hydrogens (primary N) is 1. The maximum Gasteiger partial charge on any atom is 0.296 e. The summed E-state index contributed by atoms with van der Waals surface area (Å²) in [5.74, 6) is 0. The SMILES string of the molecule is Cc1cc(Cl)ccc1CNc1cccc(NS(N)(=O)=O)c1. The summed E-state index contributed by atoms with van der Waals surface area (Å²) in [6, 6.07) is 12.6. The van der Waals surface area contributed by atoms with E-state index in [0.29, 0.717) is 17.3 Å². The molecular weight excluding hydrogens is 310 g/mol. The van der Waals surface area contributed by atoms with Crippen molar-refractivity contribution in [3.8, 4) is 0 Å². The Morgan fingerprint density at radius 1 is 1.14 bits per heavy atom. The summed E-state index contributed by atoms with van der Waals surface area (Å²) in [6.45, 7) is 2.60. The Labute approximate surface area is 129 Å². The van der Waals surface area contributed by atoms with Crippen molar-refractivity contribution in [2.24, 2.45) is 5.14 Å². The van der Waals surface area contributed by atoms with Crippen LogP contribution in [0.15, 0.2) is 42.5 Å². The van der Waals surface area contributed by atoms with Gasteiger partial charge in [-0.3, -0.25) is 4.72 Å². The van der Waals surface area contributed by atoms with Gasteiger partial charge in [0.1, 0.15) is 0 Å². The summed E-state index contributed by atoms with van der Waals surface area (Å²) in [5, 5.41) is 8.88. The number of halogens is 1. The fourth-order valence-corrected chi connectivity index (χ4v) is 2.59. The molecule has 2 rings (SSSR count). The monoisotopic (exact) mass is 325 g/mol. The molecule has 2 aromatic carbocycles. The number of rotatable bonds is 5. The molecule has 0 saturated carbocycles. The van der Waals surface area contributed by atoms with Gasteiger partial charge in [0.2, 0.25) is 0 Å². The van der Waals surface area contributed by atoms with E-state index in [2.05, 4.69) is 10.0 Å². The highest BCUT2D eigenvalue weighted by Gasteiger charge is 2.03. The second-order valence-corrected chi connectivity index (χ2v) is 6.38. The third-order valence-corrected chi connectivity index (χ3v) is 3.67. The molecule has 0 atom stereocenters. The average molecular weight is 326 g/mol. The molecule has 0 aliphatic heterocycles. The minimum atomic E-state index is -3.76. The number of benzene rings is 2. The Hall–Kier alpha value is -1.76. The molecule has 0 saturated heterocycles. The number of hydrogen-bond donors (Lipinski definition) is 3. The zero-order valence-electron chi connectivity index (χ0n) is 11.4. The van der Waals surface area contributed by atoms with E-state index < -0.39 is 10.2 Å². The molecular formula is C14H16ClN3O2S. The van der Waals surface area contributed by atoms with Crippen LogP contribution >= 0.6 is 11.6 Å². The number of hydrogen-bond acceptors (Lipinski definition) is 3. The third kappa shape index (κ3) is 4.93. The first-order valence-corrected chi connectivity index (χ1v) is 8.15. The summed E-state index contributed by atoms with van der Waals surface area (Å²) in [5.41, 5.74) is 3.41. The Morgan fingerprint density at radius 2 is 1.86 bits per heavy atom. The predicted molar refractivity (Wildman–Crippen MR) is 86.7 cm³/mol. The minimum Gasteiger partial charge on any atom is -0.381 e. The number of nitrogens with one attached hydrogen (secondary N) is 2. The Kier molecular flexibility index (Phi) is 4.72. The smallest absolute Gasteiger partial charge is 0.296 e. The molecule has 7 heteroatoms. The van der Waals surface area contributed by atoms with Gasteiger partial charge in [0.05, 0.1) is 5.69 Å². The van der Waals surface area contributed by atoms with Gasteiger partial charge in [-0.1, -0.05) is 23.7 Å². The molecule has 0 spiro atoms. The van der Waals surface area contributed by atoms with Crippen LogP contribution < -0.4 is 15.2 Å². The first-order chi connectivity index (χ1) is 9.83.